The lowest BCUT2D eigenvalue weighted by atomic mass is 9.82. The van der Waals surface area contributed by atoms with Crippen LogP contribution < -0.4 is 15.4 Å². The first-order chi connectivity index (χ1) is 15.2. The van der Waals surface area contributed by atoms with Crippen LogP contribution in [0.15, 0.2) is 18.5 Å². The van der Waals surface area contributed by atoms with Gasteiger partial charge in [-0.2, -0.15) is 5.10 Å². The second-order valence-corrected chi connectivity index (χ2v) is 7.72. The van der Waals surface area contributed by atoms with Crippen LogP contribution >= 0.6 is 0 Å². The van der Waals surface area contributed by atoms with Gasteiger partial charge in [0.25, 0.3) is 0 Å². The zero-order valence-electron chi connectivity index (χ0n) is 18.4. The minimum absolute atomic E-state index is 0.191. The number of ether oxygens (including phenoxy) is 1. The summed E-state index contributed by atoms with van der Waals surface area (Å²) in [5.74, 6) is 1.02. The molecule has 166 valence electrons. The van der Waals surface area contributed by atoms with E-state index in [-0.39, 0.29) is 11.7 Å². The Bertz CT molecular complexity index is 1030. The molecular weight excluding hydrogens is 397 g/mol. The maximum Gasteiger partial charge on any atom is 0.223 e. The average Bonchev–Trinajstić information content (AvgIpc) is 3.18. The van der Waals surface area contributed by atoms with Crippen molar-refractivity contribution in [2.45, 2.75) is 57.9 Å². The summed E-state index contributed by atoms with van der Waals surface area (Å²) in [6, 6.07) is 2.09. The predicted octanol–water partition coefficient (Wildman–Crippen LogP) is 3.79. The summed E-state index contributed by atoms with van der Waals surface area (Å²) >= 11 is 0. The number of hydrogen-bond donors (Lipinski definition) is 2. The maximum atomic E-state index is 14.7. The monoisotopic (exact) mass is 427 g/mol. The minimum Gasteiger partial charge on any atom is -0.495 e. The highest BCUT2D eigenvalue weighted by Gasteiger charge is 2.26. The lowest BCUT2D eigenvalue weighted by Crippen LogP contribution is -2.38. The van der Waals surface area contributed by atoms with Crippen molar-refractivity contribution < 1.29 is 9.13 Å². The van der Waals surface area contributed by atoms with Gasteiger partial charge in [0.1, 0.15) is 22.8 Å². The molecule has 2 N–H and O–H groups in total. The van der Waals surface area contributed by atoms with Gasteiger partial charge in [0.05, 0.1) is 19.5 Å². The number of imidazole rings is 1. The highest BCUT2D eigenvalue weighted by atomic mass is 19.1. The molecule has 1 atom stereocenters. The van der Waals surface area contributed by atoms with E-state index in [4.69, 9.17) is 9.84 Å². The number of halogens is 1. The Balaban J connectivity index is 0.00000112. The zero-order valence-corrected chi connectivity index (χ0v) is 18.4. The second-order valence-electron chi connectivity index (χ2n) is 7.72. The van der Waals surface area contributed by atoms with Crippen LogP contribution in [-0.2, 0) is 0 Å². The predicted molar refractivity (Wildman–Crippen MR) is 118 cm³/mol. The van der Waals surface area contributed by atoms with Crippen LogP contribution in [0.25, 0.3) is 17.0 Å². The molecule has 4 heterocycles. The van der Waals surface area contributed by atoms with Crippen molar-refractivity contribution in [2.24, 2.45) is 0 Å². The van der Waals surface area contributed by atoms with Crippen molar-refractivity contribution in [3.05, 3.63) is 30.0 Å². The largest absolute Gasteiger partial charge is 0.495 e. The highest BCUT2D eigenvalue weighted by Crippen LogP contribution is 2.40. The third-order valence-corrected chi connectivity index (χ3v) is 5.81. The molecule has 1 aliphatic carbocycles. The van der Waals surface area contributed by atoms with E-state index >= 15 is 0 Å². The van der Waals surface area contributed by atoms with Crippen LogP contribution in [0.3, 0.4) is 0 Å². The minimum atomic E-state index is -0.498. The number of nitrogens with zero attached hydrogens (tertiary/aromatic N) is 5. The summed E-state index contributed by atoms with van der Waals surface area (Å²) < 4.78 is 21.8. The quantitative estimate of drug-likeness (QED) is 0.640. The molecule has 5 rings (SSSR count). The first-order valence-electron chi connectivity index (χ1n) is 11.2. The van der Waals surface area contributed by atoms with Crippen molar-refractivity contribution in [2.75, 3.05) is 25.5 Å². The normalized spacial score (nSPS) is 18.8. The van der Waals surface area contributed by atoms with Crippen LogP contribution in [0, 0.1) is 5.82 Å². The fourth-order valence-electron chi connectivity index (χ4n) is 3.98. The van der Waals surface area contributed by atoms with Gasteiger partial charge in [-0.25, -0.2) is 23.9 Å². The van der Waals surface area contributed by atoms with Crippen molar-refractivity contribution in [1.82, 2.24) is 29.9 Å². The van der Waals surface area contributed by atoms with Gasteiger partial charge in [-0.1, -0.05) is 20.3 Å². The average molecular weight is 428 g/mol. The van der Waals surface area contributed by atoms with Crippen molar-refractivity contribution in [3.8, 4) is 17.1 Å². The maximum absolute atomic E-state index is 14.7. The van der Waals surface area contributed by atoms with Crippen LogP contribution in [0.1, 0.15) is 57.6 Å². The Hall–Kier alpha value is -2.81. The fourth-order valence-corrected chi connectivity index (χ4v) is 3.98. The molecule has 0 radical (unpaired) electrons. The van der Waals surface area contributed by atoms with E-state index in [0.29, 0.717) is 23.2 Å². The van der Waals surface area contributed by atoms with E-state index < -0.39 is 5.82 Å². The number of nitrogens with one attached hydrogen (secondary N) is 2. The lowest BCUT2D eigenvalue weighted by molar-refractivity contribution is 0.362. The highest BCUT2D eigenvalue weighted by molar-refractivity contribution is 5.62. The lowest BCUT2D eigenvalue weighted by Gasteiger charge is -2.26. The van der Waals surface area contributed by atoms with Crippen LogP contribution in [0.4, 0.5) is 10.3 Å². The molecule has 31 heavy (non-hydrogen) atoms. The van der Waals surface area contributed by atoms with Gasteiger partial charge in [0.15, 0.2) is 11.5 Å². The number of fused-ring (bicyclic) bond motifs is 1. The molecule has 0 bridgehead atoms. The summed E-state index contributed by atoms with van der Waals surface area (Å²) in [7, 11) is 1.64. The fraction of sp³-hybridized carbons (Fsp3) is 0.545. The smallest absolute Gasteiger partial charge is 0.223 e. The Labute approximate surface area is 181 Å². The van der Waals surface area contributed by atoms with E-state index in [1.165, 1.54) is 12.6 Å². The number of anilines is 1. The van der Waals surface area contributed by atoms with Crippen LogP contribution in [-0.4, -0.2) is 50.8 Å². The molecule has 3 aromatic heterocycles. The molecule has 0 spiro atoms. The van der Waals surface area contributed by atoms with Gasteiger partial charge in [-0.3, -0.25) is 0 Å². The third kappa shape index (κ3) is 4.32. The van der Waals surface area contributed by atoms with Crippen molar-refractivity contribution in [3.63, 3.8) is 0 Å². The summed E-state index contributed by atoms with van der Waals surface area (Å²) in [6.07, 6.45) is 8.30. The Kier molecular flexibility index (Phi) is 6.60. The molecule has 1 aliphatic heterocycles. The molecule has 0 amide bonds. The van der Waals surface area contributed by atoms with Gasteiger partial charge in [-0.15, -0.1) is 0 Å². The number of methoxy groups -OCH3 is 1. The zero-order chi connectivity index (χ0) is 21.8. The van der Waals surface area contributed by atoms with E-state index in [1.54, 1.807) is 17.8 Å². The molecule has 2 fully saturated rings. The third-order valence-electron chi connectivity index (χ3n) is 5.81. The first-order valence-corrected chi connectivity index (χ1v) is 11.2. The van der Waals surface area contributed by atoms with E-state index in [9.17, 15) is 4.39 Å². The molecule has 9 heteroatoms. The Morgan fingerprint density at radius 1 is 1.16 bits per heavy atom. The summed E-state index contributed by atoms with van der Waals surface area (Å²) in [5.41, 5.74) is 2.19. The van der Waals surface area contributed by atoms with Crippen LogP contribution in [0.2, 0.25) is 0 Å². The molecule has 1 saturated carbocycles. The van der Waals surface area contributed by atoms with E-state index in [2.05, 4.69) is 25.6 Å². The number of rotatable bonds is 5. The summed E-state index contributed by atoms with van der Waals surface area (Å²) in [6.45, 7) is 5.87. The van der Waals surface area contributed by atoms with E-state index in [0.717, 1.165) is 50.2 Å². The number of hydrogen-bond acceptors (Lipinski definition) is 7. The number of piperidine rings is 1. The molecule has 1 saturated heterocycles. The second kappa shape index (κ2) is 9.55. The summed E-state index contributed by atoms with van der Waals surface area (Å²) in [5, 5.41) is 11.4. The van der Waals surface area contributed by atoms with Gasteiger partial charge in [0, 0.05) is 24.6 Å². The first kappa shape index (κ1) is 21.4. The van der Waals surface area contributed by atoms with Gasteiger partial charge >= 0.3 is 0 Å². The number of aromatic nitrogens is 5. The Morgan fingerprint density at radius 2 is 2.00 bits per heavy atom. The van der Waals surface area contributed by atoms with Crippen molar-refractivity contribution in [1.29, 1.82) is 0 Å². The SMILES string of the molecule is CC.COc1cc2ncc(-c3nc(NC4CCCNC4)ncc3F)n2nc1C1CCC1. The molecule has 8 nitrogen and oxygen atoms in total. The van der Waals surface area contributed by atoms with Gasteiger partial charge in [0.2, 0.25) is 5.95 Å². The summed E-state index contributed by atoms with van der Waals surface area (Å²) in [4.78, 5) is 13.0. The molecular formula is C22H30FN7O. The molecule has 1 unspecified atom stereocenters. The van der Waals surface area contributed by atoms with Crippen LogP contribution in [0.5, 0.6) is 5.75 Å². The van der Waals surface area contributed by atoms with Gasteiger partial charge in [-0.05, 0) is 32.2 Å². The topological polar surface area (TPSA) is 89.3 Å². The Morgan fingerprint density at radius 3 is 2.68 bits per heavy atom. The van der Waals surface area contributed by atoms with Gasteiger partial charge < -0.3 is 15.4 Å². The molecule has 3 aromatic rings. The molecule has 2 aliphatic rings. The standard InChI is InChI=1S/C20H24FN7O.C2H6/c1-29-16-8-17-23-11-15(28(17)27-18(16)12-4-2-5-12)19-14(21)10-24-20(26-19)25-13-6-3-7-22-9-13;1-2/h8,10-13,22H,2-7,9H2,1H3,(H,24,25,26);1-2H3. The van der Waals surface area contributed by atoms with E-state index in [1.807, 2.05) is 19.9 Å². The molecule has 0 aromatic carbocycles. The van der Waals surface area contributed by atoms with Crippen molar-refractivity contribution >= 4 is 11.6 Å².